The maximum absolute atomic E-state index is 12.0. The predicted octanol–water partition coefficient (Wildman–Crippen LogP) is 4.43. The molecule has 0 spiro atoms. The molecule has 20 heavy (non-hydrogen) atoms. The molecule has 2 rings (SSSR count). The fraction of sp³-hybridized carbons (Fsp3) is 0.0909. The van der Waals surface area contributed by atoms with Crippen molar-refractivity contribution in [2.24, 2.45) is 0 Å². The Morgan fingerprint density at radius 3 is 2.35 bits per heavy atom. The van der Waals surface area contributed by atoms with Crippen molar-refractivity contribution in [2.45, 2.75) is 6.36 Å². The van der Waals surface area contributed by atoms with Gasteiger partial charge in [0.25, 0.3) is 0 Å². The van der Waals surface area contributed by atoms with Gasteiger partial charge in [-0.05, 0) is 35.9 Å². The van der Waals surface area contributed by atoms with E-state index in [1.54, 1.807) is 0 Å². The van der Waals surface area contributed by atoms with Gasteiger partial charge in [-0.2, -0.15) is 4.98 Å². The Kier molecular flexibility index (Phi) is 4.20. The van der Waals surface area contributed by atoms with Crippen LogP contribution in [-0.2, 0) is 0 Å². The number of ether oxygens (including phenoxy) is 1. The van der Waals surface area contributed by atoms with E-state index in [2.05, 4.69) is 20.0 Å². The fourth-order valence-corrected chi connectivity index (χ4v) is 1.58. The SMILES string of the molecule is FC(F)(F)Oc1ccc(Nc2nc(Cl)ncc2Cl)cc1. The Labute approximate surface area is 121 Å². The molecule has 9 heteroatoms. The summed E-state index contributed by atoms with van der Waals surface area (Å²) >= 11 is 11.5. The van der Waals surface area contributed by atoms with E-state index >= 15 is 0 Å². The molecule has 0 unspecified atom stereocenters. The third-order valence-corrected chi connectivity index (χ3v) is 2.52. The second-order valence-corrected chi connectivity index (χ2v) is 4.28. The number of hydrogen-bond acceptors (Lipinski definition) is 4. The number of anilines is 2. The van der Waals surface area contributed by atoms with Crippen molar-refractivity contribution in [3.05, 3.63) is 40.8 Å². The number of halogens is 5. The first-order chi connectivity index (χ1) is 9.33. The van der Waals surface area contributed by atoms with Crippen LogP contribution >= 0.6 is 23.2 Å². The van der Waals surface area contributed by atoms with E-state index in [0.29, 0.717) is 5.69 Å². The van der Waals surface area contributed by atoms with Crippen LogP contribution in [0.5, 0.6) is 5.75 Å². The highest BCUT2D eigenvalue weighted by molar-refractivity contribution is 6.33. The Balaban J connectivity index is 2.13. The smallest absolute Gasteiger partial charge is 0.406 e. The molecular weight excluding hydrogens is 318 g/mol. The highest BCUT2D eigenvalue weighted by Crippen LogP contribution is 2.27. The van der Waals surface area contributed by atoms with Crippen molar-refractivity contribution < 1.29 is 17.9 Å². The molecule has 4 nitrogen and oxygen atoms in total. The minimum atomic E-state index is -4.72. The topological polar surface area (TPSA) is 47.0 Å². The average Bonchev–Trinajstić information content (AvgIpc) is 2.34. The van der Waals surface area contributed by atoms with Crippen LogP contribution in [0, 0.1) is 0 Å². The molecule has 1 aromatic heterocycles. The van der Waals surface area contributed by atoms with E-state index in [0.717, 1.165) is 12.1 Å². The zero-order valence-corrected chi connectivity index (χ0v) is 11.1. The van der Waals surface area contributed by atoms with Crippen molar-refractivity contribution in [3.8, 4) is 5.75 Å². The largest absolute Gasteiger partial charge is 0.573 e. The summed E-state index contributed by atoms with van der Waals surface area (Å²) in [5, 5.41) is 3.02. The summed E-state index contributed by atoms with van der Waals surface area (Å²) < 4.78 is 39.7. The fourth-order valence-electron chi connectivity index (χ4n) is 1.31. The van der Waals surface area contributed by atoms with E-state index in [9.17, 15) is 13.2 Å². The van der Waals surface area contributed by atoms with Crippen molar-refractivity contribution in [1.29, 1.82) is 0 Å². The number of benzene rings is 1. The van der Waals surface area contributed by atoms with E-state index < -0.39 is 6.36 Å². The van der Waals surface area contributed by atoms with Crippen molar-refractivity contribution >= 4 is 34.7 Å². The third kappa shape index (κ3) is 4.14. The van der Waals surface area contributed by atoms with Crippen LogP contribution in [0.2, 0.25) is 10.3 Å². The van der Waals surface area contributed by atoms with Crippen LogP contribution in [0.3, 0.4) is 0 Å². The number of nitrogens with one attached hydrogen (secondary N) is 1. The van der Waals surface area contributed by atoms with Gasteiger partial charge in [-0.3, -0.25) is 0 Å². The van der Waals surface area contributed by atoms with Gasteiger partial charge in [0.2, 0.25) is 5.28 Å². The molecule has 0 aliphatic carbocycles. The van der Waals surface area contributed by atoms with Crippen molar-refractivity contribution in [2.75, 3.05) is 5.32 Å². The highest BCUT2D eigenvalue weighted by atomic mass is 35.5. The number of hydrogen-bond donors (Lipinski definition) is 1. The van der Waals surface area contributed by atoms with Crippen LogP contribution in [-0.4, -0.2) is 16.3 Å². The Morgan fingerprint density at radius 1 is 1.10 bits per heavy atom. The van der Waals surface area contributed by atoms with Gasteiger partial charge in [-0.25, -0.2) is 4.98 Å². The minimum Gasteiger partial charge on any atom is -0.406 e. The molecule has 106 valence electrons. The number of aromatic nitrogens is 2. The maximum Gasteiger partial charge on any atom is 0.573 e. The standard InChI is InChI=1S/C11H6Cl2F3N3O/c12-8-5-17-10(13)19-9(8)18-6-1-3-7(4-2-6)20-11(14,15)16/h1-5H,(H,17,18,19). The lowest BCUT2D eigenvalue weighted by Crippen LogP contribution is -2.16. The summed E-state index contributed by atoms with van der Waals surface area (Å²) in [6.07, 6.45) is -3.42. The first-order valence-corrected chi connectivity index (χ1v) is 5.90. The molecule has 0 bridgehead atoms. The summed E-state index contributed by atoms with van der Waals surface area (Å²) in [4.78, 5) is 7.52. The third-order valence-electron chi connectivity index (χ3n) is 2.07. The number of nitrogens with zero attached hydrogens (tertiary/aromatic N) is 2. The predicted molar refractivity (Wildman–Crippen MR) is 68.5 cm³/mol. The zero-order valence-electron chi connectivity index (χ0n) is 9.58. The first kappa shape index (κ1) is 14.7. The van der Waals surface area contributed by atoms with Crippen LogP contribution < -0.4 is 10.1 Å². The lowest BCUT2D eigenvalue weighted by molar-refractivity contribution is -0.274. The van der Waals surface area contributed by atoms with Gasteiger partial charge >= 0.3 is 6.36 Å². The van der Waals surface area contributed by atoms with E-state index in [-0.39, 0.29) is 21.9 Å². The molecule has 0 fully saturated rings. The van der Waals surface area contributed by atoms with Crippen molar-refractivity contribution in [1.82, 2.24) is 9.97 Å². The second-order valence-electron chi connectivity index (χ2n) is 3.53. The van der Waals surface area contributed by atoms with Gasteiger partial charge in [0.1, 0.15) is 10.8 Å². The Hall–Kier alpha value is -1.73. The van der Waals surface area contributed by atoms with Crippen molar-refractivity contribution in [3.63, 3.8) is 0 Å². The molecule has 0 aliphatic rings. The van der Waals surface area contributed by atoms with Gasteiger partial charge in [-0.15, -0.1) is 13.2 Å². The molecule has 0 radical (unpaired) electrons. The quantitative estimate of drug-likeness (QED) is 0.849. The normalized spacial score (nSPS) is 11.2. The van der Waals surface area contributed by atoms with Gasteiger partial charge < -0.3 is 10.1 Å². The summed E-state index contributed by atoms with van der Waals surface area (Å²) in [6.45, 7) is 0. The monoisotopic (exact) mass is 323 g/mol. The Morgan fingerprint density at radius 2 is 1.75 bits per heavy atom. The van der Waals surface area contributed by atoms with E-state index in [1.165, 1.54) is 18.3 Å². The van der Waals surface area contributed by atoms with Gasteiger partial charge in [-0.1, -0.05) is 11.6 Å². The van der Waals surface area contributed by atoms with Crippen LogP contribution in [0.25, 0.3) is 0 Å². The molecule has 0 aliphatic heterocycles. The van der Waals surface area contributed by atoms with Gasteiger partial charge in [0, 0.05) is 5.69 Å². The Bertz CT molecular complexity index is 605. The number of alkyl halides is 3. The van der Waals surface area contributed by atoms with E-state index in [4.69, 9.17) is 23.2 Å². The van der Waals surface area contributed by atoms with Gasteiger partial charge in [0.15, 0.2) is 5.82 Å². The first-order valence-electron chi connectivity index (χ1n) is 5.14. The average molecular weight is 324 g/mol. The second kappa shape index (κ2) is 5.72. The molecule has 0 amide bonds. The molecule has 0 atom stereocenters. The summed E-state index contributed by atoms with van der Waals surface area (Å²) in [5.74, 6) is -0.0778. The molecule has 1 aromatic carbocycles. The summed E-state index contributed by atoms with van der Waals surface area (Å²) in [6, 6.07) is 5.08. The summed E-state index contributed by atoms with van der Waals surface area (Å²) in [5.41, 5.74) is 0.469. The van der Waals surface area contributed by atoms with Crippen LogP contribution in [0.15, 0.2) is 30.5 Å². The van der Waals surface area contributed by atoms with Gasteiger partial charge in [0.05, 0.1) is 6.20 Å². The number of rotatable bonds is 3. The molecule has 0 saturated heterocycles. The molecule has 1 heterocycles. The lowest BCUT2D eigenvalue weighted by Gasteiger charge is -2.10. The molecular formula is C11H6Cl2F3N3O. The zero-order chi connectivity index (χ0) is 14.8. The van der Waals surface area contributed by atoms with Crippen LogP contribution in [0.1, 0.15) is 0 Å². The lowest BCUT2D eigenvalue weighted by atomic mass is 10.3. The molecule has 1 N–H and O–H groups in total. The van der Waals surface area contributed by atoms with Crippen LogP contribution in [0.4, 0.5) is 24.7 Å². The van der Waals surface area contributed by atoms with E-state index in [1.807, 2.05) is 0 Å². The molecule has 0 saturated carbocycles. The minimum absolute atomic E-state index is 0.00563. The summed E-state index contributed by atoms with van der Waals surface area (Å²) in [7, 11) is 0. The highest BCUT2D eigenvalue weighted by Gasteiger charge is 2.30. The maximum atomic E-state index is 12.0. The molecule has 2 aromatic rings.